The molecule has 0 aliphatic rings. The highest BCUT2D eigenvalue weighted by molar-refractivity contribution is 7.15. The Hall–Kier alpha value is -1.86. The average Bonchev–Trinajstić information content (AvgIpc) is 3.01. The molecular formula is C15H14F3N3S. The third-order valence-corrected chi connectivity index (χ3v) is 4.19. The van der Waals surface area contributed by atoms with Crippen LogP contribution in [0.2, 0.25) is 0 Å². The number of aryl methyl sites for hydroxylation is 1. The van der Waals surface area contributed by atoms with Crippen molar-refractivity contribution in [2.75, 3.05) is 0 Å². The van der Waals surface area contributed by atoms with Crippen LogP contribution in [-0.4, -0.2) is 9.38 Å². The van der Waals surface area contributed by atoms with Crippen LogP contribution in [0.4, 0.5) is 13.2 Å². The molecule has 0 radical (unpaired) electrons. The van der Waals surface area contributed by atoms with Crippen LogP contribution in [0.25, 0.3) is 4.96 Å². The number of nitrogens with zero attached hydrogens (tertiary/aromatic N) is 2. The summed E-state index contributed by atoms with van der Waals surface area (Å²) in [4.78, 5) is 5.36. The van der Waals surface area contributed by atoms with E-state index in [4.69, 9.17) is 0 Å². The number of benzene rings is 1. The largest absolute Gasteiger partial charge is 0.416 e. The van der Waals surface area contributed by atoms with Crippen LogP contribution in [-0.2, 0) is 19.3 Å². The first-order valence-corrected chi connectivity index (χ1v) is 7.61. The minimum Gasteiger partial charge on any atom is -0.307 e. The van der Waals surface area contributed by atoms with Crippen molar-refractivity contribution in [1.82, 2.24) is 14.7 Å². The van der Waals surface area contributed by atoms with E-state index in [0.717, 1.165) is 22.4 Å². The topological polar surface area (TPSA) is 29.3 Å². The Kier molecular flexibility index (Phi) is 3.92. The third-order valence-electron chi connectivity index (χ3n) is 3.44. The maximum atomic E-state index is 12.7. The van der Waals surface area contributed by atoms with Gasteiger partial charge in [-0.25, -0.2) is 4.98 Å². The molecule has 0 amide bonds. The molecule has 1 aromatic carbocycles. The molecule has 0 bridgehead atoms. The van der Waals surface area contributed by atoms with E-state index in [-0.39, 0.29) is 0 Å². The first-order valence-electron chi connectivity index (χ1n) is 6.73. The van der Waals surface area contributed by atoms with Crippen molar-refractivity contribution in [3.05, 3.63) is 58.4 Å². The SMILES string of the molecule is Cc1nc2sccn2c1CNCc1cccc(C(F)(F)F)c1. The molecule has 22 heavy (non-hydrogen) atoms. The molecule has 3 nitrogen and oxygen atoms in total. The van der Waals surface area contributed by atoms with Crippen LogP contribution >= 0.6 is 11.3 Å². The fourth-order valence-electron chi connectivity index (χ4n) is 2.34. The van der Waals surface area contributed by atoms with E-state index in [0.29, 0.717) is 18.7 Å². The fourth-order valence-corrected chi connectivity index (χ4v) is 3.12. The van der Waals surface area contributed by atoms with E-state index in [1.54, 1.807) is 17.4 Å². The minimum atomic E-state index is -4.30. The summed E-state index contributed by atoms with van der Waals surface area (Å²) < 4.78 is 40.0. The van der Waals surface area contributed by atoms with Crippen LogP contribution < -0.4 is 5.32 Å². The molecule has 0 atom stereocenters. The maximum absolute atomic E-state index is 12.7. The van der Waals surface area contributed by atoms with Crippen molar-refractivity contribution < 1.29 is 13.2 Å². The van der Waals surface area contributed by atoms with Gasteiger partial charge in [-0.2, -0.15) is 13.2 Å². The lowest BCUT2D eigenvalue weighted by atomic mass is 10.1. The Bertz CT molecular complexity index is 789. The van der Waals surface area contributed by atoms with Gasteiger partial charge >= 0.3 is 6.18 Å². The number of imidazole rings is 1. The number of halogens is 3. The van der Waals surface area contributed by atoms with E-state index in [2.05, 4.69) is 10.3 Å². The highest BCUT2D eigenvalue weighted by Crippen LogP contribution is 2.29. The van der Waals surface area contributed by atoms with Gasteiger partial charge in [0.25, 0.3) is 0 Å². The van der Waals surface area contributed by atoms with Gasteiger partial charge in [0.1, 0.15) is 0 Å². The van der Waals surface area contributed by atoms with Crippen molar-refractivity contribution in [3.63, 3.8) is 0 Å². The summed E-state index contributed by atoms with van der Waals surface area (Å²) in [5.74, 6) is 0. The summed E-state index contributed by atoms with van der Waals surface area (Å²) in [6.45, 7) is 2.86. The van der Waals surface area contributed by atoms with E-state index in [9.17, 15) is 13.2 Å². The number of hydrogen-bond acceptors (Lipinski definition) is 3. The zero-order chi connectivity index (χ0) is 15.7. The number of rotatable bonds is 4. The van der Waals surface area contributed by atoms with Crippen LogP contribution in [0.1, 0.15) is 22.5 Å². The van der Waals surface area contributed by atoms with E-state index in [1.807, 2.05) is 22.9 Å². The quantitative estimate of drug-likeness (QED) is 0.785. The minimum absolute atomic E-state index is 0.376. The van der Waals surface area contributed by atoms with E-state index < -0.39 is 11.7 Å². The number of aromatic nitrogens is 2. The Morgan fingerprint density at radius 2 is 2.09 bits per heavy atom. The summed E-state index contributed by atoms with van der Waals surface area (Å²) in [7, 11) is 0. The second kappa shape index (κ2) is 5.73. The van der Waals surface area contributed by atoms with Gasteiger partial charge < -0.3 is 5.32 Å². The first-order chi connectivity index (χ1) is 10.4. The normalized spacial score (nSPS) is 12.2. The molecule has 2 aromatic heterocycles. The molecule has 7 heteroatoms. The van der Waals surface area contributed by atoms with Crippen LogP contribution in [0.15, 0.2) is 35.8 Å². The average molecular weight is 325 g/mol. The fraction of sp³-hybridized carbons (Fsp3) is 0.267. The molecule has 0 spiro atoms. The highest BCUT2D eigenvalue weighted by atomic mass is 32.1. The second-order valence-corrected chi connectivity index (χ2v) is 5.87. The molecule has 1 N–H and O–H groups in total. The molecule has 2 heterocycles. The van der Waals surface area contributed by atoms with Crippen molar-refractivity contribution in [2.24, 2.45) is 0 Å². The Morgan fingerprint density at radius 1 is 1.27 bits per heavy atom. The summed E-state index contributed by atoms with van der Waals surface area (Å²) in [6, 6.07) is 5.38. The first kappa shape index (κ1) is 15.1. The summed E-state index contributed by atoms with van der Waals surface area (Å²) in [5.41, 5.74) is 1.96. The molecule has 3 rings (SSSR count). The maximum Gasteiger partial charge on any atom is 0.416 e. The predicted octanol–water partition coefficient (Wildman–Crippen LogP) is 4.01. The third kappa shape index (κ3) is 3.00. The number of alkyl halides is 3. The van der Waals surface area contributed by atoms with Gasteiger partial charge in [-0.3, -0.25) is 4.40 Å². The zero-order valence-electron chi connectivity index (χ0n) is 11.8. The Labute approximate surface area is 129 Å². The van der Waals surface area contributed by atoms with Crippen molar-refractivity contribution in [3.8, 4) is 0 Å². The van der Waals surface area contributed by atoms with Crippen molar-refractivity contribution in [1.29, 1.82) is 0 Å². The monoisotopic (exact) mass is 325 g/mol. The second-order valence-electron chi connectivity index (χ2n) is 5.00. The van der Waals surface area contributed by atoms with Gasteiger partial charge in [-0.15, -0.1) is 11.3 Å². The van der Waals surface area contributed by atoms with Crippen LogP contribution in [0.3, 0.4) is 0 Å². The Balaban J connectivity index is 1.68. The molecule has 0 saturated carbocycles. The molecule has 3 aromatic rings. The highest BCUT2D eigenvalue weighted by Gasteiger charge is 2.30. The molecule has 0 unspecified atom stereocenters. The van der Waals surface area contributed by atoms with Gasteiger partial charge in [0, 0.05) is 24.7 Å². The number of fused-ring (bicyclic) bond motifs is 1. The molecular weight excluding hydrogens is 311 g/mol. The van der Waals surface area contributed by atoms with Gasteiger partial charge in [0.05, 0.1) is 17.0 Å². The van der Waals surface area contributed by atoms with E-state index in [1.165, 1.54) is 12.1 Å². The lowest BCUT2D eigenvalue weighted by Crippen LogP contribution is -2.15. The van der Waals surface area contributed by atoms with Crippen molar-refractivity contribution in [2.45, 2.75) is 26.2 Å². The lowest BCUT2D eigenvalue weighted by Gasteiger charge is -2.09. The number of nitrogens with one attached hydrogen (secondary N) is 1. The number of hydrogen-bond donors (Lipinski definition) is 1. The smallest absolute Gasteiger partial charge is 0.307 e. The summed E-state index contributed by atoms with van der Waals surface area (Å²) in [6.07, 6.45) is -2.36. The molecule has 0 aliphatic heterocycles. The standard InChI is InChI=1S/C15H14F3N3S/c1-10-13(21-5-6-22-14(21)20-10)9-19-8-11-3-2-4-12(7-11)15(16,17)18/h2-7,19H,8-9H2,1H3. The van der Waals surface area contributed by atoms with Gasteiger partial charge in [-0.1, -0.05) is 18.2 Å². The molecule has 0 fully saturated rings. The van der Waals surface area contributed by atoms with Gasteiger partial charge in [0.2, 0.25) is 0 Å². The van der Waals surface area contributed by atoms with Gasteiger partial charge in [-0.05, 0) is 18.6 Å². The van der Waals surface area contributed by atoms with Crippen LogP contribution in [0.5, 0.6) is 0 Å². The molecule has 116 valence electrons. The van der Waals surface area contributed by atoms with E-state index >= 15 is 0 Å². The summed E-state index contributed by atoms with van der Waals surface area (Å²) >= 11 is 1.56. The van der Waals surface area contributed by atoms with Crippen molar-refractivity contribution >= 4 is 16.3 Å². The summed E-state index contributed by atoms with van der Waals surface area (Å²) in [5, 5.41) is 5.14. The zero-order valence-corrected chi connectivity index (χ0v) is 12.6. The lowest BCUT2D eigenvalue weighted by molar-refractivity contribution is -0.137. The predicted molar refractivity (Wildman–Crippen MR) is 79.8 cm³/mol. The van der Waals surface area contributed by atoms with Gasteiger partial charge in [0.15, 0.2) is 4.96 Å². The molecule has 0 saturated heterocycles. The Morgan fingerprint density at radius 3 is 2.86 bits per heavy atom. The molecule has 0 aliphatic carbocycles. The number of thiazole rings is 1. The van der Waals surface area contributed by atoms with Crippen LogP contribution in [0, 0.1) is 6.92 Å².